The summed E-state index contributed by atoms with van der Waals surface area (Å²) in [6.45, 7) is 3.59. The van der Waals surface area contributed by atoms with E-state index in [9.17, 15) is 14.7 Å². The second kappa shape index (κ2) is 8.72. The summed E-state index contributed by atoms with van der Waals surface area (Å²) < 4.78 is 0. The number of amides is 1. The lowest BCUT2D eigenvalue weighted by molar-refractivity contribution is -0.121. The van der Waals surface area contributed by atoms with Crippen LogP contribution >= 0.6 is 0 Å². The van der Waals surface area contributed by atoms with Gasteiger partial charge in [0.25, 0.3) is 5.56 Å². The number of aromatic nitrogens is 1. The molecule has 1 atom stereocenters. The SMILES string of the molecule is Cc1[nH]c(=O)c(C#N)c(C)c1CCC(=O)NCC(O)c1ccc2ccccc2c1. The Labute approximate surface area is 168 Å². The zero-order chi connectivity index (χ0) is 21.0. The van der Waals surface area contributed by atoms with E-state index in [0.29, 0.717) is 17.7 Å². The fraction of sp³-hybridized carbons (Fsp3) is 0.261. The van der Waals surface area contributed by atoms with Crippen molar-refractivity contribution in [3.05, 3.63) is 80.8 Å². The zero-order valence-corrected chi connectivity index (χ0v) is 16.5. The average molecular weight is 389 g/mol. The van der Waals surface area contributed by atoms with Crippen LogP contribution in [0, 0.1) is 25.2 Å². The van der Waals surface area contributed by atoms with Gasteiger partial charge in [-0.15, -0.1) is 0 Å². The van der Waals surface area contributed by atoms with E-state index in [4.69, 9.17) is 5.26 Å². The molecular weight excluding hydrogens is 366 g/mol. The van der Waals surface area contributed by atoms with Crippen molar-refractivity contribution in [2.24, 2.45) is 0 Å². The molecule has 0 fully saturated rings. The van der Waals surface area contributed by atoms with Crippen molar-refractivity contribution in [3.8, 4) is 6.07 Å². The van der Waals surface area contributed by atoms with Gasteiger partial charge in [0, 0.05) is 18.7 Å². The molecule has 0 spiro atoms. The van der Waals surface area contributed by atoms with Crippen LogP contribution in [-0.2, 0) is 11.2 Å². The van der Waals surface area contributed by atoms with Gasteiger partial charge < -0.3 is 15.4 Å². The van der Waals surface area contributed by atoms with Gasteiger partial charge in [-0.25, -0.2) is 0 Å². The summed E-state index contributed by atoms with van der Waals surface area (Å²) in [5.74, 6) is -0.201. The van der Waals surface area contributed by atoms with Crippen LogP contribution in [-0.4, -0.2) is 22.5 Å². The van der Waals surface area contributed by atoms with E-state index in [2.05, 4.69) is 10.3 Å². The Morgan fingerprint density at radius 1 is 1.21 bits per heavy atom. The van der Waals surface area contributed by atoms with Crippen LogP contribution in [0.2, 0.25) is 0 Å². The first-order chi connectivity index (χ1) is 13.9. The maximum absolute atomic E-state index is 12.2. The van der Waals surface area contributed by atoms with Crippen LogP contribution in [0.3, 0.4) is 0 Å². The van der Waals surface area contributed by atoms with Gasteiger partial charge in [-0.2, -0.15) is 5.26 Å². The molecule has 0 radical (unpaired) electrons. The fourth-order valence-electron chi connectivity index (χ4n) is 3.49. The number of aromatic amines is 1. The number of nitrogens with zero attached hydrogens (tertiary/aromatic N) is 1. The molecule has 29 heavy (non-hydrogen) atoms. The molecule has 0 saturated carbocycles. The lowest BCUT2D eigenvalue weighted by Crippen LogP contribution is -2.29. The van der Waals surface area contributed by atoms with Gasteiger partial charge in [0.05, 0.1) is 6.10 Å². The first kappa shape index (κ1) is 20.3. The molecule has 148 valence electrons. The van der Waals surface area contributed by atoms with Crippen molar-refractivity contribution in [1.29, 1.82) is 5.26 Å². The van der Waals surface area contributed by atoms with Gasteiger partial charge in [-0.1, -0.05) is 36.4 Å². The molecule has 1 heterocycles. The van der Waals surface area contributed by atoms with Crippen molar-refractivity contribution in [1.82, 2.24) is 10.3 Å². The van der Waals surface area contributed by atoms with E-state index in [-0.39, 0.29) is 24.4 Å². The number of nitrogens with one attached hydrogen (secondary N) is 2. The Bertz CT molecular complexity index is 1160. The normalized spacial score (nSPS) is 11.8. The highest BCUT2D eigenvalue weighted by molar-refractivity contribution is 5.83. The van der Waals surface area contributed by atoms with Crippen molar-refractivity contribution in [3.63, 3.8) is 0 Å². The number of hydrogen-bond donors (Lipinski definition) is 3. The first-order valence-corrected chi connectivity index (χ1v) is 9.46. The number of hydrogen-bond acceptors (Lipinski definition) is 4. The fourth-order valence-corrected chi connectivity index (χ4v) is 3.49. The Hall–Kier alpha value is -3.43. The number of carbonyl (C=O) groups is 1. The monoisotopic (exact) mass is 389 g/mol. The maximum atomic E-state index is 12.2. The van der Waals surface area contributed by atoms with Crippen LogP contribution < -0.4 is 10.9 Å². The molecule has 1 unspecified atom stereocenters. The summed E-state index contributed by atoms with van der Waals surface area (Å²) in [4.78, 5) is 26.7. The summed E-state index contributed by atoms with van der Waals surface area (Å²) in [7, 11) is 0. The molecule has 3 aromatic rings. The van der Waals surface area contributed by atoms with E-state index < -0.39 is 11.7 Å². The van der Waals surface area contributed by atoms with Gasteiger partial charge in [0.2, 0.25) is 5.91 Å². The van der Waals surface area contributed by atoms with Crippen molar-refractivity contribution in [2.75, 3.05) is 6.54 Å². The molecular formula is C23H23N3O3. The molecule has 2 aromatic carbocycles. The predicted octanol–water partition coefficient (Wildman–Crippen LogP) is 2.80. The highest BCUT2D eigenvalue weighted by Crippen LogP contribution is 2.20. The van der Waals surface area contributed by atoms with Gasteiger partial charge in [-0.3, -0.25) is 9.59 Å². The third kappa shape index (κ3) is 4.53. The molecule has 0 aliphatic rings. The zero-order valence-electron chi connectivity index (χ0n) is 16.5. The molecule has 6 heteroatoms. The Morgan fingerprint density at radius 3 is 2.66 bits per heavy atom. The van der Waals surface area contributed by atoms with Gasteiger partial charge in [0.1, 0.15) is 11.6 Å². The van der Waals surface area contributed by atoms with Crippen LogP contribution in [0.1, 0.15) is 40.5 Å². The van der Waals surface area contributed by atoms with Crippen LogP contribution in [0.15, 0.2) is 47.3 Å². The van der Waals surface area contributed by atoms with Gasteiger partial charge in [0.15, 0.2) is 0 Å². The topological polar surface area (TPSA) is 106 Å². The molecule has 0 saturated heterocycles. The molecule has 3 N–H and O–H groups in total. The van der Waals surface area contributed by atoms with Crippen LogP contribution in [0.4, 0.5) is 0 Å². The summed E-state index contributed by atoms with van der Waals surface area (Å²) in [6.07, 6.45) is -0.199. The molecule has 0 bridgehead atoms. The molecule has 6 nitrogen and oxygen atoms in total. The van der Waals surface area contributed by atoms with Gasteiger partial charge in [-0.05, 0) is 53.8 Å². The standard InChI is InChI=1S/C23H23N3O3/c1-14-19(15(2)26-23(29)20(14)12-24)9-10-22(28)25-13-21(27)18-8-7-16-5-3-4-6-17(16)11-18/h3-8,11,21,27H,9-10,13H2,1-2H3,(H,25,28)(H,26,29). The Morgan fingerprint density at radius 2 is 1.93 bits per heavy atom. The molecule has 0 aliphatic carbocycles. The largest absolute Gasteiger partial charge is 0.387 e. The number of aliphatic hydroxyl groups excluding tert-OH is 1. The summed E-state index contributed by atoms with van der Waals surface area (Å²) in [6, 6.07) is 15.5. The van der Waals surface area contributed by atoms with Crippen LogP contribution in [0.5, 0.6) is 0 Å². The lowest BCUT2D eigenvalue weighted by Gasteiger charge is -2.14. The molecule has 1 amide bonds. The average Bonchev–Trinajstić information content (AvgIpc) is 2.71. The summed E-state index contributed by atoms with van der Waals surface area (Å²) >= 11 is 0. The lowest BCUT2D eigenvalue weighted by atomic mass is 9.99. The Balaban J connectivity index is 1.60. The second-order valence-corrected chi connectivity index (χ2v) is 7.10. The van der Waals surface area contributed by atoms with Crippen molar-refractivity contribution in [2.45, 2.75) is 32.8 Å². The number of carbonyl (C=O) groups excluding carboxylic acids is 1. The summed E-state index contributed by atoms with van der Waals surface area (Å²) in [5, 5.41) is 24.4. The van der Waals surface area contributed by atoms with Crippen molar-refractivity contribution < 1.29 is 9.90 Å². The molecule has 1 aromatic heterocycles. The smallest absolute Gasteiger partial charge is 0.266 e. The van der Waals surface area contributed by atoms with E-state index in [1.807, 2.05) is 48.5 Å². The minimum Gasteiger partial charge on any atom is -0.387 e. The van der Waals surface area contributed by atoms with Crippen LogP contribution in [0.25, 0.3) is 10.8 Å². The number of benzene rings is 2. The van der Waals surface area contributed by atoms with E-state index in [1.54, 1.807) is 13.8 Å². The summed E-state index contributed by atoms with van der Waals surface area (Å²) in [5.41, 5.74) is 2.49. The predicted molar refractivity (Wildman–Crippen MR) is 111 cm³/mol. The number of pyridine rings is 1. The van der Waals surface area contributed by atoms with E-state index in [0.717, 1.165) is 21.9 Å². The first-order valence-electron chi connectivity index (χ1n) is 9.46. The number of aryl methyl sites for hydroxylation is 1. The Kier molecular flexibility index (Phi) is 6.10. The minimum absolute atomic E-state index is 0.0812. The number of fused-ring (bicyclic) bond motifs is 1. The quantitative estimate of drug-likeness (QED) is 0.603. The third-order valence-electron chi connectivity index (χ3n) is 5.17. The number of nitriles is 1. The number of aliphatic hydroxyl groups is 1. The number of rotatable bonds is 6. The maximum Gasteiger partial charge on any atom is 0.266 e. The number of H-pyrrole nitrogens is 1. The highest BCUT2D eigenvalue weighted by atomic mass is 16.3. The third-order valence-corrected chi connectivity index (χ3v) is 5.17. The van der Waals surface area contributed by atoms with Crippen molar-refractivity contribution >= 4 is 16.7 Å². The molecule has 3 rings (SSSR count). The molecule has 0 aliphatic heterocycles. The highest BCUT2D eigenvalue weighted by Gasteiger charge is 2.14. The van der Waals surface area contributed by atoms with Gasteiger partial charge >= 0.3 is 0 Å². The second-order valence-electron chi connectivity index (χ2n) is 7.10. The van der Waals surface area contributed by atoms with E-state index >= 15 is 0 Å². The van der Waals surface area contributed by atoms with E-state index in [1.165, 1.54) is 0 Å². The minimum atomic E-state index is -0.801.